The number of halogens is 2. The van der Waals surface area contributed by atoms with Crippen molar-refractivity contribution in [1.29, 1.82) is 0 Å². The van der Waals surface area contributed by atoms with Crippen molar-refractivity contribution in [3.63, 3.8) is 0 Å². The first-order chi connectivity index (χ1) is 9.43. The second-order valence-corrected chi connectivity index (χ2v) is 6.22. The predicted molar refractivity (Wildman–Crippen MR) is 86.9 cm³/mol. The Hall–Kier alpha value is -1.14. The lowest BCUT2D eigenvalue weighted by molar-refractivity contribution is 0.0991. The summed E-state index contributed by atoms with van der Waals surface area (Å²) in [5.41, 5.74) is 8.72. The Balaban J connectivity index is 2.33. The van der Waals surface area contributed by atoms with E-state index < -0.39 is 0 Å². The molecule has 0 bridgehead atoms. The third kappa shape index (κ3) is 2.96. The van der Waals surface area contributed by atoms with Gasteiger partial charge in [-0.25, -0.2) is 0 Å². The van der Waals surface area contributed by atoms with Crippen molar-refractivity contribution in [2.75, 3.05) is 5.73 Å². The number of hydrogen-bond donors (Lipinski definition) is 1. The summed E-state index contributed by atoms with van der Waals surface area (Å²) in [6, 6.07) is 5.30. The van der Waals surface area contributed by atoms with Crippen LogP contribution in [0.1, 0.15) is 28.7 Å². The summed E-state index contributed by atoms with van der Waals surface area (Å²) >= 11 is 6.88. The molecule has 1 aromatic carbocycles. The maximum Gasteiger partial charge on any atom is 0.170 e. The van der Waals surface area contributed by atoms with Crippen LogP contribution in [0, 0.1) is 0 Å². The van der Waals surface area contributed by atoms with Crippen LogP contribution >= 0.6 is 31.9 Å². The highest BCUT2D eigenvalue weighted by Gasteiger charge is 2.18. The highest BCUT2D eigenvalue weighted by atomic mass is 79.9. The molecule has 2 aromatic rings. The van der Waals surface area contributed by atoms with E-state index in [9.17, 15) is 4.79 Å². The number of benzene rings is 1. The molecule has 0 atom stereocenters. The van der Waals surface area contributed by atoms with E-state index in [4.69, 9.17) is 5.73 Å². The molecular weight excluding hydrogens is 386 g/mol. The number of rotatable bonds is 4. The van der Waals surface area contributed by atoms with Gasteiger partial charge in [0.15, 0.2) is 5.78 Å². The van der Waals surface area contributed by atoms with Crippen LogP contribution in [0.5, 0.6) is 0 Å². The molecule has 106 valence electrons. The summed E-state index contributed by atoms with van der Waals surface area (Å²) in [6.07, 6.45) is 1.09. The lowest BCUT2D eigenvalue weighted by Crippen LogP contribution is -2.10. The van der Waals surface area contributed by atoms with Crippen LogP contribution in [0.25, 0.3) is 0 Å². The largest absolute Gasteiger partial charge is 0.398 e. The molecule has 0 saturated heterocycles. The predicted octanol–water partition coefficient (Wildman–Crippen LogP) is 3.52. The zero-order valence-corrected chi connectivity index (χ0v) is 14.5. The van der Waals surface area contributed by atoms with E-state index in [1.807, 2.05) is 20.0 Å². The van der Waals surface area contributed by atoms with E-state index in [0.29, 0.717) is 11.3 Å². The van der Waals surface area contributed by atoms with Crippen LogP contribution in [0.4, 0.5) is 5.69 Å². The molecule has 2 rings (SSSR count). The van der Waals surface area contributed by atoms with Gasteiger partial charge in [-0.05, 0) is 40.5 Å². The molecule has 0 aliphatic carbocycles. The van der Waals surface area contributed by atoms with Crippen molar-refractivity contribution in [2.45, 2.75) is 19.8 Å². The molecule has 1 aromatic heterocycles. The maximum absolute atomic E-state index is 12.4. The van der Waals surface area contributed by atoms with E-state index in [1.54, 1.807) is 16.8 Å². The lowest BCUT2D eigenvalue weighted by Gasteiger charge is -2.06. The number of ketones is 1. The number of Topliss-reactive ketones (excluding diaryl/α,β-unsaturated/α-hetero) is 1. The van der Waals surface area contributed by atoms with Gasteiger partial charge in [-0.2, -0.15) is 5.10 Å². The van der Waals surface area contributed by atoms with Gasteiger partial charge in [0.1, 0.15) is 0 Å². The van der Waals surface area contributed by atoms with Gasteiger partial charge in [0, 0.05) is 22.8 Å². The van der Waals surface area contributed by atoms with Crippen LogP contribution < -0.4 is 5.73 Å². The van der Waals surface area contributed by atoms with E-state index in [2.05, 4.69) is 37.0 Å². The molecule has 1 heterocycles. The summed E-state index contributed by atoms with van der Waals surface area (Å²) in [7, 11) is 1.84. The minimum absolute atomic E-state index is 0.0184. The molecule has 2 N–H and O–H groups in total. The summed E-state index contributed by atoms with van der Waals surface area (Å²) in [5.74, 6) is -0.0184. The molecule has 6 heteroatoms. The monoisotopic (exact) mass is 399 g/mol. The smallest absolute Gasteiger partial charge is 0.170 e. The number of aryl methyl sites for hydroxylation is 2. The minimum atomic E-state index is -0.0184. The second kappa shape index (κ2) is 6.10. The Morgan fingerprint density at radius 2 is 2.10 bits per heavy atom. The average molecular weight is 401 g/mol. The van der Waals surface area contributed by atoms with Gasteiger partial charge in [-0.15, -0.1) is 0 Å². The van der Waals surface area contributed by atoms with Crippen LogP contribution in [0.15, 0.2) is 27.1 Å². The third-order valence-corrected chi connectivity index (χ3v) is 4.56. The van der Waals surface area contributed by atoms with E-state index in [1.165, 1.54) is 0 Å². The number of carbonyl (C=O) groups excluding carboxylic acids is 1. The van der Waals surface area contributed by atoms with Gasteiger partial charge < -0.3 is 5.73 Å². The van der Waals surface area contributed by atoms with Crippen LogP contribution in [-0.2, 0) is 19.9 Å². The van der Waals surface area contributed by atoms with Crippen molar-refractivity contribution in [3.8, 4) is 0 Å². The fourth-order valence-corrected chi connectivity index (χ4v) is 3.15. The number of nitrogen functional groups attached to an aromatic ring is 1. The molecular formula is C14H15Br2N3O. The Morgan fingerprint density at radius 1 is 1.40 bits per heavy atom. The molecule has 20 heavy (non-hydrogen) atoms. The zero-order valence-electron chi connectivity index (χ0n) is 11.3. The normalized spacial score (nSPS) is 10.8. The Bertz CT molecular complexity index is 665. The van der Waals surface area contributed by atoms with Gasteiger partial charge in [-0.3, -0.25) is 9.48 Å². The van der Waals surface area contributed by atoms with E-state index in [0.717, 1.165) is 26.8 Å². The molecule has 0 spiro atoms. The third-order valence-electron chi connectivity index (χ3n) is 3.15. The molecule has 0 aliphatic rings. The Labute approximate surface area is 134 Å². The number of carbonyl (C=O) groups is 1. The standard InChI is InChI=1S/C14H15Br2N3O/c1-3-11-14(16)12(19(2)18-11)7-13(20)9-6-8(15)4-5-10(9)17/h4-6H,3,7,17H2,1-2H3. The van der Waals surface area contributed by atoms with Gasteiger partial charge >= 0.3 is 0 Å². The van der Waals surface area contributed by atoms with Crippen molar-refractivity contribution < 1.29 is 4.79 Å². The highest BCUT2D eigenvalue weighted by molar-refractivity contribution is 9.10. The number of hydrogen-bond acceptors (Lipinski definition) is 3. The zero-order chi connectivity index (χ0) is 14.9. The van der Waals surface area contributed by atoms with E-state index in [-0.39, 0.29) is 12.2 Å². The van der Waals surface area contributed by atoms with Gasteiger partial charge in [-0.1, -0.05) is 22.9 Å². The van der Waals surface area contributed by atoms with Crippen molar-refractivity contribution in [1.82, 2.24) is 9.78 Å². The molecule has 0 saturated carbocycles. The molecule has 0 aliphatic heterocycles. The number of aromatic nitrogens is 2. The van der Waals surface area contributed by atoms with E-state index >= 15 is 0 Å². The maximum atomic E-state index is 12.4. The van der Waals surface area contributed by atoms with Crippen LogP contribution in [-0.4, -0.2) is 15.6 Å². The first-order valence-corrected chi connectivity index (χ1v) is 7.81. The summed E-state index contributed by atoms with van der Waals surface area (Å²) < 4.78 is 3.49. The SMILES string of the molecule is CCc1nn(C)c(CC(=O)c2cc(Br)ccc2N)c1Br. The highest BCUT2D eigenvalue weighted by Crippen LogP contribution is 2.25. The van der Waals surface area contributed by atoms with Gasteiger partial charge in [0.05, 0.1) is 22.3 Å². The number of anilines is 1. The minimum Gasteiger partial charge on any atom is -0.398 e. The molecule has 0 radical (unpaired) electrons. The van der Waals surface area contributed by atoms with Gasteiger partial charge in [0.25, 0.3) is 0 Å². The van der Waals surface area contributed by atoms with Crippen molar-refractivity contribution in [2.24, 2.45) is 7.05 Å². The lowest BCUT2D eigenvalue weighted by atomic mass is 10.0. The Morgan fingerprint density at radius 3 is 2.70 bits per heavy atom. The summed E-state index contributed by atoms with van der Waals surface area (Å²) in [4.78, 5) is 12.4. The quantitative estimate of drug-likeness (QED) is 0.630. The fraction of sp³-hybridized carbons (Fsp3) is 0.286. The molecule has 4 nitrogen and oxygen atoms in total. The number of nitrogens with zero attached hydrogens (tertiary/aromatic N) is 2. The van der Waals surface area contributed by atoms with Crippen LogP contribution in [0.2, 0.25) is 0 Å². The first kappa shape index (κ1) is 15.3. The summed E-state index contributed by atoms with van der Waals surface area (Å²) in [6.45, 7) is 2.03. The first-order valence-electron chi connectivity index (χ1n) is 6.22. The molecule has 0 unspecified atom stereocenters. The Kier molecular flexibility index (Phi) is 4.65. The fourth-order valence-electron chi connectivity index (χ4n) is 2.03. The van der Waals surface area contributed by atoms with Crippen molar-refractivity contribution in [3.05, 3.63) is 44.1 Å². The van der Waals surface area contributed by atoms with Gasteiger partial charge in [0.2, 0.25) is 0 Å². The molecule has 0 amide bonds. The average Bonchev–Trinajstić information content (AvgIpc) is 2.68. The number of nitrogens with two attached hydrogens (primary N) is 1. The van der Waals surface area contributed by atoms with Crippen molar-refractivity contribution >= 4 is 43.3 Å². The van der Waals surface area contributed by atoms with Crippen LogP contribution in [0.3, 0.4) is 0 Å². The molecule has 0 fully saturated rings. The second-order valence-electron chi connectivity index (χ2n) is 4.52. The summed E-state index contributed by atoms with van der Waals surface area (Å²) in [5, 5.41) is 4.39. The topological polar surface area (TPSA) is 60.9 Å².